The molecule has 2 heterocycles. The number of allylic oxidation sites excluding steroid dienone is 1. The lowest BCUT2D eigenvalue weighted by atomic mass is 10.2. The van der Waals surface area contributed by atoms with Crippen LogP contribution in [-0.2, 0) is 4.79 Å². The topological polar surface area (TPSA) is 93.8 Å². The summed E-state index contributed by atoms with van der Waals surface area (Å²) in [5.41, 5.74) is 6.86. The third-order valence-corrected chi connectivity index (χ3v) is 4.70. The largest absolute Gasteiger partial charge is 0.493 e. The summed E-state index contributed by atoms with van der Waals surface area (Å²) in [6.07, 6.45) is 2.97. The number of methoxy groups -OCH3 is 2. The Hall–Kier alpha value is -3.03. The van der Waals surface area contributed by atoms with E-state index < -0.39 is 0 Å². The maximum Gasteiger partial charge on any atom is 0.228 e. The lowest BCUT2D eigenvalue weighted by molar-refractivity contribution is -0.131. The normalized spacial score (nSPS) is 14.3. The average molecular weight is 371 g/mol. The fraction of sp³-hybridized carbons (Fsp3) is 0.421. The van der Waals surface area contributed by atoms with Crippen molar-refractivity contribution in [3.63, 3.8) is 0 Å². The molecule has 2 aromatic rings. The summed E-state index contributed by atoms with van der Waals surface area (Å²) in [7, 11) is 3.16. The Morgan fingerprint density at radius 1 is 1.19 bits per heavy atom. The second-order valence-electron chi connectivity index (χ2n) is 6.33. The Balaban J connectivity index is 1.79. The summed E-state index contributed by atoms with van der Waals surface area (Å²) in [4.78, 5) is 25.2. The van der Waals surface area contributed by atoms with Crippen LogP contribution >= 0.6 is 0 Å². The van der Waals surface area contributed by atoms with Crippen molar-refractivity contribution in [2.75, 3.05) is 51.0 Å². The van der Waals surface area contributed by atoms with Crippen LogP contribution in [0.2, 0.25) is 0 Å². The molecule has 1 saturated heterocycles. The molecule has 1 aliphatic rings. The van der Waals surface area contributed by atoms with Crippen molar-refractivity contribution in [1.29, 1.82) is 0 Å². The van der Waals surface area contributed by atoms with Gasteiger partial charge in [0.25, 0.3) is 0 Å². The lowest BCUT2D eigenvalue weighted by Crippen LogP contribution is -2.49. The van der Waals surface area contributed by atoms with E-state index in [4.69, 9.17) is 15.2 Å². The first-order valence-corrected chi connectivity index (χ1v) is 8.90. The predicted molar refractivity (Wildman–Crippen MR) is 105 cm³/mol. The van der Waals surface area contributed by atoms with Gasteiger partial charge in [0.15, 0.2) is 11.5 Å². The molecule has 1 fully saturated rings. The Bertz CT molecular complexity index is 847. The minimum absolute atomic E-state index is 0.158. The molecule has 0 unspecified atom stereocenters. The zero-order valence-electron chi connectivity index (χ0n) is 15.8. The van der Waals surface area contributed by atoms with Crippen LogP contribution in [0, 0.1) is 0 Å². The Morgan fingerprint density at radius 3 is 2.48 bits per heavy atom. The number of hydrogen-bond donors (Lipinski definition) is 1. The molecule has 27 heavy (non-hydrogen) atoms. The van der Waals surface area contributed by atoms with Gasteiger partial charge in [-0.25, -0.2) is 4.98 Å². The lowest BCUT2D eigenvalue weighted by Gasteiger charge is -2.35. The van der Waals surface area contributed by atoms with E-state index in [0.29, 0.717) is 67.8 Å². The molecule has 0 radical (unpaired) electrons. The third kappa shape index (κ3) is 3.89. The fourth-order valence-electron chi connectivity index (χ4n) is 3.15. The molecule has 0 saturated carbocycles. The molecule has 0 bridgehead atoms. The van der Waals surface area contributed by atoms with Crippen LogP contribution in [0.15, 0.2) is 24.8 Å². The number of nitrogens with two attached hydrogens (primary N) is 1. The number of carbonyl (C=O) groups is 1. The Kier molecular flexibility index (Phi) is 5.63. The van der Waals surface area contributed by atoms with Gasteiger partial charge in [0, 0.05) is 44.1 Å². The van der Waals surface area contributed by atoms with Crippen molar-refractivity contribution in [2.24, 2.45) is 0 Å². The predicted octanol–water partition coefficient (Wildman–Crippen LogP) is 1.84. The number of rotatable bonds is 6. The van der Waals surface area contributed by atoms with Crippen LogP contribution < -0.4 is 20.1 Å². The van der Waals surface area contributed by atoms with E-state index in [2.05, 4.69) is 16.5 Å². The Labute approximate surface area is 158 Å². The number of ether oxygens (including phenoxy) is 2. The molecule has 1 aliphatic heterocycles. The van der Waals surface area contributed by atoms with Gasteiger partial charge in [0.1, 0.15) is 5.82 Å². The number of benzene rings is 1. The molecule has 8 heteroatoms. The summed E-state index contributed by atoms with van der Waals surface area (Å²) in [5, 5.41) is 0.717. The first-order valence-electron chi connectivity index (χ1n) is 8.90. The van der Waals surface area contributed by atoms with Crippen molar-refractivity contribution in [2.45, 2.75) is 12.8 Å². The monoisotopic (exact) mass is 371 g/mol. The van der Waals surface area contributed by atoms with Crippen molar-refractivity contribution in [1.82, 2.24) is 14.9 Å². The third-order valence-electron chi connectivity index (χ3n) is 4.70. The fourth-order valence-corrected chi connectivity index (χ4v) is 3.15. The quantitative estimate of drug-likeness (QED) is 0.774. The van der Waals surface area contributed by atoms with Gasteiger partial charge in [-0.05, 0) is 12.5 Å². The summed E-state index contributed by atoms with van der Waals surface area (Å²) >= 11 is 0. The van der Waals surface area contributed by atoms with Gasteiger partial charge in [-0.3, -0.25) is 4.79 Å². The van der Waals surface area contributed by atoms with E-state index in [1.807, 2.05) is 9.80 Å². The van der Waals surface area contributed by atoms with Gasteiger partial charge in [0.05, 0.1) is 19.7 Å². The standard InChI is InChI=1S/C19H25N5O3/c1-4-5-6-17(25)23-7-9-24(10-8-23)19-21-14-12-16(27-3)15(26-2)11-13(14)18(20)22-19/h4,11-12H,1,5-10H2,2-3H3,(H2,20,21,22). The van der Waals surface area contributed by atoms with Crippen molar-refractivity contribution >= 4 is 28.6 Å². The van der Waals surface area contributed by atoms with Crippen LogP contribution in [0.4, 0.5) is 11.8 Å². The SMILES string of the molecule is C=CCCC(=O)N1CCN(c2nc(N)c3cc(OC)c(OC)cc3n2)CC1. The van der Waals surface area contributed by atoms with E-state index in [1.54, 1.807) is 32.4 Å². The van der Waals surface area contributed by atoms with Crippen molar-refractivity contribution in [3.05, 3.63) is 24.8 Å². The molecular formula is C19H25N5O3. The summed E-state index contributed by atoms with van der Waals surface area (Å²) in [5.74, 6) is 2.28. The van der Waals surface area contributed by atoms with Crippen LogP contribution in [0.3, 0.4) is 0 Å². The van der Waals surface area contributed by atoms with Crippen molar-refractivity contribution in [3.8, 4) is 11.5 Å². The number of nitrogen functional groups attached to an aromatic ring is 1. The number of anilines is 2. The highest BCUT2D eigenvalue weighted by atomic mass is 16.5. The number of piperazine rings is 1. The van der Waals surface area contributed by atoms with Gasteiger partial charge in [-0.2, -0.15) is 4.98 Å². The highest BCUT2D eigenvalue weighted by Gasteiger charge is 2.23. The zero-order chi connectivity index (χ0) is 19.4. The molecular weight excluding hydrogens is 346 g/mol. The number of fused-ring (bicyclic) bond motifs is 1. The van der Waals surface area contributed by atoms with E-state index >= 15 is 0 Å². The molecule has 0 spiro atoms. The first-order chi connectivity index (χ1) is 13.1. The van der Waals surface area contributed by atoms with Gasteiger partial charge < -0.3 is 25.0 Å². The molecule has 8 nitrogen and oxygen atoms in total. The number of hydrogen-bond acceptors (Lipinski definition) is 7. The summed E-state index contributed by atoms with van der Waals surface area (Å²) in [6, 6.07) is 3.58. The van der Waals surface area contributed by atoms with Gasteiger partial charge in [-0.1, -0.05) is 6.08 Å². The molecule has 0 aliphatic carbocycles. The Morgan fingerprint density at radius 2 is 1.85 bits per heavy atom. The molecule has 1 amide bonds. The zero-order valence-corrected chi connectivity index (χ0v) is 15.8. The second-order valence-corrected chi connectivity index (χ2v) is 6.33. The molecule has 2 N–H and O–H groups in total. The molecule has 1 aromatic carbocycles. The number of carbonyl (C=O) groups excluding carboxylic acids is 1. The van der Waals surface area contributed by atoms with Crippen LogP contribution in [0.5, 0.6) is 11.5 Å². The van der Waals surface area contributed by atoms with Crippen molar-refractivity contribution < 1.29 is 14.3 Å². The highest BCUT2D eigenvalue weighted by Crippen LogP contribution is 2.34. The second kappa shape index (κ2) is 8.11. The van der Waals surface area contributed by atoms with Gasteiger partial charge in [0.2, 0.25) is 11.9 Å². The molecule has 144 valence electrons. The highest BCUT2D eigenvalue weighted by molar-refractivity contribution is 5.91. The maximum absolute atomic E-state index is 12.1. The summed E-state index contributed by atoms with van der Waals surface area (Å²) in [6.45, 7) is 6.28. The van der Waals surface area contributed by atoms with Crippen LogP contribution in [0.1, 0.15) is 12.8 Å². The molecule has 0 atom stereocenters. The summed E-state index contributed by atoms with van der Waals surface area (Å²) < 4.78 is 10.7. The van der Waals surface area contributed by atoms with E-state index in [9.17, 15) is 4.79 Å². The van der Waals surface area contributed by atoms with Gasteiger partial charge >= 0.3 is 0 Å². The smallest absolute Gasteiger partial charge is 0.228 e. The minimum Gasteiger partial charge on any atom is -0.493 e. The minimum atomic E-state index is 0.158. The maximum atomic E-state index is 12.1. The van der Waals surface area contributed by atoms with Crippen LogP contribution in [-0.4, -0.2) is 61.2 Å². The molecule has 3 rings (SSSR count). The van der Waals surface area contributed by atoms with E-state index in [-0.39, 0.29) is 5.91 Å². The first kappa shape index (κ1) is 18.8. The average Bonchev–Trinajstić information content (AvgIpc) is 2.71. The number of amides is 1. The van der Waals surface area contributed by atoms with E-state index in [1.165, 1.54) is 0 Å². The van der Waals surface area contributed by atoms with E-state index in [0.717, 1.165) is 5.39 Å². The molecule has 1 aromatic heterocycles. The van der Waals surface area contributed by atoms with Gasteiger partial charge in [-0.15, -0.1) is 6.58 Å². The number of nitrogens with zero attached hydrogens (tertiary/aromatic N) is 4. The number of aromatic nitrogens is 2. The van der Waals surface area contributed by atoms with Crippen LogP contribution in [0.25, 0.3) is 10.9 Å².